The Morgan fingerprint density at radius 3 is 2.82 bits per heavy atom. The fraction of sp³-hybridized carbons (Fsp3) is 1.00. The second kappa shape index (κ2) is 2.76. The zero-order valence-electron chi connectivity index (χ0n) is 7.10. The highest BCUT2D eigenvalue weighted by atomic mass is 14.9. The second-order valence-corrected chi connectivity index (χ2v) is 4.28. The molecule has 0 bridgehead atoms. The number of hydrogen-bond acceptors (Lipinski definition) is 2. The number of nitrogens with two attached hydrogens (primary N) is 1. The molecule has 1 aliphatic carbocycles. The van der Waals surface area contributed by atoms with Crippen molar-refractivity contribution in [2.45, 2.75) is 37.6 Å². The molecule has 1 atom stereocenters. The van der Waals surface area contributed by atoms with Gasteiger partial charge >= 0.3 is 0 Å². The molecule has 1 aliphatic heterocycles. The van der Waals surface area contributed by atoms with E-state index in [-0.39, 0.29) is 5.54 Å². The Kier molecular flexibility index (Phi) is 1.90. The van der Waals surface area contributed by atoms with E-state index in [1.54, 1.807) is 0 Å². The maximum absolute atomic E-state index is 6.05. The lowest BCUT2D eigenvalue weighted by Crippen LogP contribution is -2.35. The summed E-state index contributed by atoms with van der Waals surface area (Å²) in [6, 6.07) is 0. The van der Waals surface area contributed by atoms with Gasteiger partial charge in [-0.2, -0.15) is 0 Å². The third-order valence-corrected chi connectivity index (χ3v) is 2.99. The Morgan fingerprint density at radius 1 is 1.45 bits per heavy atom. The molecule has 0 radical (unpaired) electrons. The van der Waals surface area contributed by atoms with Crippen LogP contribution in [0, 0.1) is 5.92 Å². The summed E-state index contributed by atoms with van der Waals surface area (Å²) in [5, 5.41) is 3.43. The minimum Gasteiger partial charge on any atom is -0.325 e. The molecule has 0 aromatic carbocycles. The number of nitrogens with one attached hydrogen (secondary N) is 1. The lowest BCUT2D eigenvalue weighted by molar-refractivity contribution is 0.328. The predicted molar refractivity (Wildman–Crippen MR) is 46.4 cm³/mol. The molecule has 0 amide bonds. The van der Waals surface area contributed by atoms with Gasteiger partial charge in [-0.3, -0.25) is 0 Å². The van der Waals surface area contributed by atoms with Crippen LogP contribution in [0.2, 0.25) is 0 Å². The highest BCUT2D eigenvalue weighted by molar-refractivity contribution is 5.00. The van der Waals surface area contributed by atoms with E-state index in [0.717, 1.165) is 5.92 Å². The Balaban J connectivity index is 1.76. The normalized spacial score (nSPS) is 35.2. The maximum atomic E-state index is 6.05. The van der Waals surface area contributed by atoms with Gasteiger partial charge in [-0.1, -0.05) is 0 Å². The van der Waals surface area contributed by atoms with Crippen LogP contribution in [0.4, 0.5) is 0 Å². The monoisotopic (exact) mass is 154 g/mol. The third-order valence-electron chi connectivity index (χ3n) is 2.99. The van der Waals surface area contributed by atoms with E-state index in [1.807, 2.05) is 0 Å². The van der Waals surface area contributed by atoms with Crippen molar-refractivity contribution < 1.29 is 0 Å². The summed E-state index contributed by atoms with van der Waals surface area (Å²) >= 11 is 0. The fourth-order valence-corrected chi connectivity index (χ4v) is 2.04. The van der Waals surface area contributed by atoms with Gasteiger partial charge in [0, 0.05) is 5.54 Å². The van der Waals surface area contributed by atoms with Crippen LogP contribution in [0.15, 0.2) is 0 Å². The molecule has 2 heteroatoms. The van der Waals surface area contributed by atoms with Crippen molar-refractivity contribution >= 4 is 0 Å². The zero-order chi connectivity index (χ0) is 7.73. The molecule has 2 aliphatic rings. The topological polar surface area (TPSA) is 38.0 Å². The van der Waals surface area contributed by atoms with Crippen LogP contribution < -0.4 is 11.1 Å². The van der Waals surface area contributed by atoms with E-state index in [9.17, 15) is 0 Å². The van der Waals surface area contributed by atoms with Crippen LogP contribution in [0.5, 0.6) is 0 Å². The minimum absolute atomic E-state index is 0.268. The maximum Gasteiger partial charge on any atom is 0.0158 e. The van der Waals surface area contributed by atoms with Gasteiger partial charge in [0.1, 0.15) is 0 Å². The molecule has 3 N–H and O–H groups in total. The zero-order valence-corrected chi connectivity index (χ0v) is 7.10. The van der Waals surface area contributed by atoms with Gasteiger partial charge in [0.2, 0.25) is 0 Å². The molecular formula is C9H18N2. The van der Waals surface area contributed by atoms with E-state index in [0.29, 0.717) is 0 Å². The van der Waals surface area contributed by atoms with E-state index >= 15 is 0 Å². The van der Waals surface area contributed by atoms with Crippen LogP contribution in [0.25, 0.3) is 0 Å². The smallest absolute Gasteiger partial charge is 0.0158 e. The lowest BCUT2D eigenvalue weighted by atomic mass is 9.92. The highest BCUT2D eigenvalue weighted by Gasteiger charge is 2.39. The summed E-state index contributed by atoms with van der Waals surface area (Å²) in [5.74, 6) is 0.872. The lowest BCUT2D eigenvalue weighted by Gasteiger charge is -2.25. The largest absolute Gasteiger partial charge is 0.325 e. The van der Waals surface area contributed by atoms with Gasteiger partial charge in [0.15, 0.2) is 0 Å². The molecule has 0 aromatic rings. The molecular weight excluding hydrogens is 136 g/mol. The van der Waals surface area contributed by atoms with E-state index < -0.39 is 0 Å². The van der Waals surface area contributed by atoms with Crippen molar-refractivity contribution in [3.63, 3.8) is 0 Å². The molecule has 0 aromatic heterocycles. The molecule has 1 saturated carbocycles. The molecule has 1 heterocycles. The Labute approximate surface area is 68.5 Å². The van der Waals surface area contributed by atoms with Crippen molar-refractivity contribution in [1.29, 1.82) is 0 Å². The van der Waals surface area contributed by atoms with Gasteiger partial charge in [-0.05, 0) is 51.1 Å². The first-order valence-electron chi connectivity index (χ1n) is 4.78. The molecule has 1 unspecified atom stereocenters. The third kappa shape index (κ3) is 1.94. The van der Waals surface area contributed by atoms with E-state index in [1.165, 1.54) is 45.2 Å². The summed E-state index contributed by atoms with van der Waals surface area (Å²) in [6.45, 7) is 2.42. The number of piperidine rings is 1. The Morgan fingerprint density at radius 2 is 2.27 bits per heavy atom. The van der Waals surface area contributed by atoms with Crippen molar-refractivity contribution in [2.75, 3.05) is 13.1 Å². The standard InChI is InChI=1S/C9H18N2/c10-9(3-4-9)6-8-2-1-5-11-7-8/h8,11H,1-7,10H2. The molecule has 64 valence electrons. The Hall–Kier alpha value is -0.0800. The molecule has 2 rings (SSSR count). The van der Waals surface area contributed by atoms with Gasteiger partial charge in [0.05, 0.1) is 0 Å². The highest BCUT2D eigenvalue weighted by Crippen LogP contribution is 2.39. The Bertz CT molecular complexity index is 134. The van der Waals surface area contributed by atoms with Crippen LogP contribution in [-0.4, -0.2) is 18.6 Å². The molecule has 11 heavy (non-hydrogen) atoms. The van der Waals surface area contributed by atoms with Crippen LogP contribution in [0.1, 0.15) is 32.1 Å². The first kappa shape index (κ1) is 7.56. The summed E-state index contributed by atoms with van der Waals surface area (Å²) in [7, 11) is 0. The second-order valence-electron chi connectivity index (χ2n) is 4.28. The fourth-order valence-electron chi connectivity index (χ4n) is 2.04. The molecule has 2 nitrogen and oxygen atoms in total. The molecule has 2 fully saturated rings. The van der Waals surface area contributed by atoms with Crippen molar-refractivity contribution in [1.82, 2.24) is 5.32 Å². The van der Waals surface area contributed by atoms with E-state index in [4.69, 9.17) is 5.73 Å². The number of hydrogen-bond donors (Lipinski definition) is 2. The summed E-state index contributed by atoms with van der Waals surface area (Å²) in [6.07, 6.45) is 6.54. The SMILES string of the molecule is NC1(CC2CCCNC2)CC1. The van der Waals surface area contributed by atoms with Crippen molar-refractivity contribution in [3.05, 3.63) is 0 Å². The average molecular weight is 154 g/mol. The van der Waals surface area contributed by atoms with Crippen LogP contribution in [0.3, 0.4) is 0 Å². The van der Waals surface area contributed by atoms with Gasteiger partial charge < -0.3 is 11.1 Å². The molecule has 0 spiro atoms. The van der Waals surface area contributed by atoms with Gasteiger partial charge in [-0.15, -0.1) is 0 Å². The molecule has 1 saturated heterocycles. The summed E-state index contributed by atoms with van der Waals surface area (Å²) in [5.41, 5.74) is 6.32. The van der Waals surface area contributed by atoms with Crippen LogP contribution >= 0.6 is 0 Å². The van der Waals surface area contributed by atoms with E-state index in [2.05, 4.69) is 5.32 Å². The van der Waals surface area contributed by atoms with Crippen molar-refractivity contribution in [2.24, 2.45) is 11.7 Å². The van der Waals surface area contributed by atoms with Gasteiger partial charge in [-0.25, -0.2) is 0 Å². The predicted octanol–water partition coefficient (Wildman–Crippen LogP) is 0.867. The van der Waals surface area contributed by atoms with Crippen molar-refractivity contribution in [3.8, 4) is 0 Å². The first-order valence-corrected chi connectivity index (χ1v) is 4.78. The van der Waals surface area contributed by atoms with Gasteiger partial charge in [0.25, 0.3) is 0 Å². The quantitative estimate of drug-likeness (QED) is 0.619. The minimum atomic E-state index is 0.268. The average Bonchev–Trinajstić information content (AvgIpc) is 2.70. The first-order chi connectivity index (χ1) is 5.29. The number of rotatable bonds is 2. The van der Waals surface area contributed by atoms with Crippen LogP contribution in [-0.2, 0) is 0 Å². The summed E-state index contributed by atoms with van der Waals surface area (Å²) in [4.78, 5) is 0. The summed E-state index contributed by atoms with van der Waals surface area (Å²) < 4.78 is 0.